The molecule has 2 atom stereocenters. The van der Waals surface area contributed by atoms with Crippen LogP contribution in [0, 0.1) is 11.6 Å². The summed E-state index contributed by atoms with van der Waals surface area (Å²) in [6.07, 6.45) is -1.82. The molecule has 1 amide bonds. The number of hydrogen-bond acceptors (Lipinski definition) is 7. The zero-order valence-corrected chi connectivity index (χ0v) is 20.0. The van der Waals surface area contributed by atoms with Gasteiger partial charge in [0.15, 0.2) is 0 Å². The average Bonchev–Trinajstić information content (AvgIpc) is 2.68. The Kier molecular flexibility index (Phi) is 9.11. The molecule has 0 saturated heterocycles. The second-order valence-corrected chi connectivity index (χ2v) is 10.1. The number of benzene rings is 2. The van der Waals surface area contributed by atoms with Crippen molar-refractivity contribution >= 4 is 22.2 Å². The summed E-state index contributed by atoms with van der Waals surface area (Å²) in [6, 6.07) is 9.47. The molecule has 2 rings (SSSR count). The van der Waals surface area contributed by atoms with Gasteiger partial charge in [0.25, 0.3) is 10.1 Å². The topological polar surface area (TPSA) is 108 Å². The number of carbonyl (C=O) groups excluding carboxylic acids is 2. The Morgan fingerprint density at radius 3 is 2.15 bits per heavy atom. The minimum absolute atomic E-state index is 0.107. The van der Waals surface area contributed by atoms with Gasteiger partial charge in [-0.15, -0.1) is 0 Å². The van der Waals surface area contributed by atoms with Gasteiger partial charge in [0.05, 0.1) is 17.9 Å². The van der Waals surface area contributed by atoms with Crippen molar-refractivity contribution < 1.29 is 40.4 Å². The Morgan fingerprint density at radius 2 is 1.62 bits per heavy atom. The standard InChI is InChI=1S/C23H27F2NO7S/c1-23(2,3)32-22(28)26-19(12-15-10-17(24)13-18(25)11-15)20(33-34(4,29)30)14-31-21(27)16-8-6-5-7-9-16/h5-11,13,19-20H,12,14H2,1-4H3,(H,26,28)/t19-,20+/m0/s1. The average molecular weight is 500 g/mol. The van der Waals surface area contributed by atoms with Crippen LogP contribution in [0.4, 0.5) is 13.6 Å². The summed E-state index contributed by atoms with van der Waals surface area (Å²) >= 11 is 0. The van der Waals surface area contributed by atoms with Gasteiger partial charge < -0.3 is 14.8 Å². The van der Waals surface area contributed by atoms with Crippen LogP contribution in [0.1, 0.15) is 36.7 Å². The van der Waals surface area contributed by atoms with Crippen LogP contribution in [0.25, 0.3) is 0 Å². The molecule has 0 spiro atoms. The molecule has 1 N–H and O–H groups in total. The van der Waals surface area contributed by atoms with E-state index in [0.717, 1.165) is 18.4 Å². The van der Waals surface area contributed by atoms with Gasteiger partial charge in [-0.3, -0.25) is 4.18 Å². The highest BCUT2D eigenvalue weighted by molar-refractivity contribution is 7.86. The fourth-order valence-electron chi connectivity index (χ4n) is 2.97. The molecule has 0 aliphatic carbocycles. The van der Waals surface area contributed by atoms with Crippen LogP contribution in [-0.4, -0.2) is 51.1 Å². The molecule has 0 unspecified atom stereocenters. The van der Waals surface area contributed by atoms with Crippen molar-refractivity contribution in [1.29, 1.82) is 0 Å². The van der Waals surface area contributed by atoms with Crippen LogP contribution in [0.2, 0.25) is 0 Å². The van der Waals surface area contributed by atoms with E-state index in [9.17, 15) is 26.8 Å². The Hall–Kier alpha value is -3.05. The van der Waals surface area contributed by atoms with E-state index in [1.165, 1.54) is 12.1 Å². The van der Waals surface area contributed by atoms with Crippen molar-refractivity contribution in [3.63, 3.8) is 0 Å². The lowest BCUT2D eigenvalue weighted by atomic mass is 10.0. The number of esters is 1. The maximum absolute atomic E-state index is 13.7. The third kappa shape index (κ3) is 9.84. The quantitative estimate of drug-likeness (QED) is 0.415. The number of hydrogen-bond donors (Lipinski definition) is 1. The van der Waals surface area contributed by atoms with Crippen LogP contribution < -0.4 is 5.32 Å². The molecule has 0 radical (unpaired) electrons. The van der Waals surface area contributed by atoms with Crippen LogP contribution in [0.5, 0.6) is 0 Å². The number of nitrogens with one attached hydrogen (secondary N) is 1. The molecule has 0 heterocycles. The third-order valence-electron chi connectivity index (χ3n) is 4.22. The van der Waals surface area contributed by atoms with E-state index in [1.54, 1.807) is 39.0 Å². The predicted octanol–water partition coefficient (Wildman–Crippen LogP) is 3.60. The summed E-state index contributed by atoms with van der Waals surface area (Å²) in [5, 5.41) is 2.46. The second-order valence-electron chi connectivity index (χ2n) is 8.54. The summed E-state index contributed by atoms with van der Waals surface area (Å²) in [4.78, 5) is 24.8. The molecule has 0 fully saturated rings. The van der Waals surface area contributed by atoms with Crippen molar-refractivity contribution in [1.82, 2.24) is 5.32 Å². The Bertz CT molecular complexity index is 1080. The summed E-state index contributed by atoms with van der Waals surface area (Å²) in [5.74, 6) is -2.47. The molecule has 0 bridgehead atoms. The molecule has 0 aliphatic heterocycles. The summed E-state index contributed by atoms with van der Waals surface area (Å²) in [6.45, 7) is 4.28. The maximum atomic E-state index is 13.7. The highest BCUT2D eigenvalue weighted by Gasteiger charge is 2.31. The minimum Gasteiger partial charge on any atom is -0.459 e. The van der Waals surface area contributed by atoms with Crippen LogP contribution in [0.15, 0.2) is 48.5 Å². The molecule has 8 nitrogen and oxygen atoms in total. The van der Waals surface area contributed by atoms with Gasteiger partial charge in [0, 0.05) is 6.07 Å². The normalized spacial score (nSPS) is 13.6. The van der Waals surface area contributed by atoms with Crippen molar-refractivity contribution in [3.8, 4) is 0 Å². The molecular weight excluding hydrogens is 472 g/mol. The summed E-state index contributed by atoms with van der Waals surface area (Å²) in [5.41, 5.74) is -0.563. The number of halogens is 2. The lowest BCUT2D eigenvalue weighted by Crippen LogP contribution is -2.50. The SMILES string of the molecule is CC(C)(C)OC(=O)N[C@@H](Cc1cc(F)cc(F)c1)[C@@H](COC(=O)c1ccccc1)OS(C)(=O)=O. The fourth-order valence-corrected chi connectivity index (χ4v) is 3.61. The zero-order chi connectivity index (χ0) is 25.5. The van der Waals surface area contributed by atoms with Crippen molar-refractivity contribution in [3.05, 3.63) is 71.3 Å². The number of ether oxygens (including phenoxy) is 2. The third-order valence-corrected chi connectivity index (χ3v) is 4.81. The van der Waals surface area contributed by atoms with E-state index >= 15 is 0 Å². The maximum Gasteiger partial charge on any atom is 0.407 e. The van der Waals surface area contributed by atoms with Gasteiger partial charge in [-0.1, -0.05) is 18.2 Å². The molecule has 0 saturated carbocycles. The van der Waals surface area contributed by atoms with E-state index in [1.807, 2.05) is 0 Å². The van der Waals surface area contributed by atoms with E-state index in [2.05, 4.69) is 5.32 Å². The molecular formula is C23H27F2NO7S. The molecule has 0 aliphatic rings. The van der Waals surface area contributed by atoms with Crippen LogP contribution in [0.3, 0.4) is 0 Å². The largest absolute Gasteiger partial charge is 0.459 e. The Balaban J connectivity index is 2.33. The van der Waals surface area contributed by atoms with E-state index in [0.29, 0.717) is 6.07 Å². The number of alkyl carbamates (subject to hydrolysis) is 1. The van der Waals surface area contributed by atoms with Gasteiger partial charge >= 0.3 is 12.1 Å². The van der Waals surface area contributed by atoms with Gasteiger partial charge in [-0.25, -0.2) is 18.4 Å². The first-order chi connectivity index (χ1) is 15.7. The van der Waals surface area contributed by atoms with E-state index < -0.39 is 58.2 Å². The predicted molar refractivity (Wildman–Crippen MR) is 120 cm³/mol. The van der Waals surface area contributed by atoms with Crippen molar-refractivity contribution in [2.75, 3.05) is 12.9 Å². The van der Waals surface area contributed by atoms with Gasteiger partial charge in [0.2, 0.25) is 0 Å². The molecule has 186 valence electrons. The first kappa shape index (κ1) is 27.2. The first-order valence-corrected chi connectivity index (χ1v) is 12.1. The minimum atomic E-state index is -4.09. The highest BCUT2D eigenvalue weighted by Crippen LogP contribution is 2.17. The van der Waals surface area contributed by atoms with E-state index in [-0.39, 0.29) is 17.5 Å². The summed E-state index contributed by atoms with van der Waals surface area (Å²) in [7, 11) is -4.09. The smallest absolute Gasteiger partial charge is 0.407 e. The van der Waals surface area contributed by atoms with Gasteiger partial charge in [-0.05, 0) is 57.0 Å². The van der Waals surface area contributed by atoms with Crippen LogP contribution >= 0.6 is 0 Å². The number of amides is 1. The first-order valence-electron chi connectivity index (χ1n) is 10.3. The van der Waals surface area contributed by atoms with Gasteiger partial charge in [0.1, 0.15) is 29.9 Å². The zero-order valence-electron chi connectivity index (χ0n) is 19.2. The molecule has 0 aromatic heterocycles. The Morgan fingerprint density at radius 1 is 1.03 bits per heavy atom. The van der Waals surface area contributed by atoms with E-state index in [4.69, 9.17) is 13.7 Å². The monoisotopic (exact) mass is 499 g/mol. The second kappa shape index (κ2) is 11.4. The van der Waals surface area contributed by atoms with Crippen LogP contribution in [-0.2, 0) is 30.2 Å². The lowest BCUT2D eigenvalue weighted by molar-refractivity contribution is 0.0197. The summed E-state index contributed by atoms with van der Waals surface area (Å²) < 4.78 is 66.8. The van der Waals surface area contributed by atoms with Crippen molar-refractivity contribution in [2.45, 2.75) is 44.9 Å². The Labute approximate surface area is 197 Å². The van der Waals surface area contributed by atoms with Gasteiger partial charge in [-0.2, -0.15) is 8.42 Å². The fraction of sp³-hybridized carbons (Fsp3) is 0.391. The number of rotatable bonds is 9. The number of carbonyl (C=O) groups is 2. The molecule has 11 heteroatoms. The van der Waals surface area contributed by atoms with Crippen molar-refractivity contribution in [2.24, 2.45) is 0 Å². The highest BCUT2D eigenvalue weighted by atomic mass is 32.2. The lowest BCUT2D eigenvalue weighted by Gasteiger charge is -2.28. The molecule has 2 aromatic rings. The molecule has 34 heavy (non-hydrogen) atoms. The molecule has 2 aromatic carbocycles.